The molecule has 0 aromatic carbocycles. The van der Waals surface area contributed by atoms with Gasteiger partial charge in [-0.2, -0.15) is 0 Å². The molecule has 0 bridgehead atoms. The van der Waals surface area contributed by atoms with Gasteiger partial charge in [0.05, 0.1) is 13.2 Å². The molecule has 0 amide bonds. The van der Waals surface area contributed by atoms with Crippen LogP contribution < -0.4 is 5.73 Å². The van der Waals surface area contributed by atoms with Crippen LogP contribution in [-0.2, 0) is 32.7 Å². The molecule has 302 valence electrons. The van der Waals surface area contributed by atoms with Crippen LogP contribution in [0, 0.1) is 0 Å². The molecule has 0 aliphatic carbocycles. The molecule has 0 aromatic rings. The molecule has 0 saturated heterocycles. The lowest BCUT2D eigenvalue weighted by Crippen LogP contribution is -2.29. The minimum absolute atomic E-state index is 0.0473. The van der Waals surface area contributed by atoms with E-state index < -0.39 is 32.5 Å². The van der Waals surface area contributed by atoms with Gasteiger partial charge in [0.15, 0.2) is 6.10 Å². The van der Waals surface area contributed by atoms with Gasteiger partial charge in [0.25, 0.3) is 0 Å². The van der Waals surface area contributed by atoms with Gasteiger partial charge in [0, 0.05) is 19.4 Å². The van der Waals surface area contributed by atoms with Crippen molar-refractivity contribution in [2.45, 2.75) is 180 Å². The van der Waals surface area contributed by atoms with Gasteiger partial charge >= 0.3 is 19.8 Å². The van der Waals surface area contributed by atoms with E-state index >= 15 is 0 Å². The van der Waals surface area contributed by atoms with Crippen LogP contribution in [0.3, 0.4) is 0 Å². The van der Waals surface area contributed by atoms with E-state index in [1.165, 1.54) is 64.2 Å². The van der Waals surface area contributed by atoms with Gasteiger partial charge in [-0.05, 0) is 77.0 Å². The molecule has 3 N–H and O–H groups in total. The van der Waals surface area contributed by atoms with Crippen molar-refractivity contribution >= 4 is 19.8 Å². The highest BCUT2D eigenvalue weighted by Gasteiger charge is 2.25. The zero-order valence-electron chi connectivity index (χ0n) is 33.0. The number of ether oxygens (including phenoxy) is 2. The Morgan fingerprint density at radius 3 is 1.54 bits per heavy atom. The topological polar surface area (TPSA) is 134 Å². The lowest BCUT2D eigenvalue weighted by atomic mass is 10.1. The smallest absolute Gasteiger partial charge is 0.462 e. The Hall–Kier alpha value is -2.03. The number of nitrogens with two attached hydrogens (primary N) is 1. The number of phosphoric acid groups is 1. The fourth-order valence-corrected chi connectivity index (χ4v) is 6.11. The number of esters is 2. The average Bonchev–Trinajstić information content (AvgIpc) is 3.13. The zero-order valence-corrected chi connectivity index (χ0v) is 33.9. The van der Waals surface area contributed by atoms with Crippen LogP contribution in [0.25, 0.3) is 0 Å². The van der Waals surface area contributed by atoms with E-state index in [1.54, 1.807) is 0 Å². The third-order valence-electron chi connectivity index (χ3n) is 8.44. The normalized spacial score (nSPS) is 13.8. The summed E-state index contributed by atoms with van der Waals surface area (Å²) in [5, 5.41) is 0. The minimum atomic E-state index is -4.38. The molecule has 9 nitrogen and oxygen atoms in total. The van der Waals surface area contributed by atoms with E-state index in [-0.39, 0.29) is 32.6 Å². The molecule has 0 aliphatic heterocycles. The summed E-state index contributed by atoms with van der Waals surface area (Å²) in [6.45, 7) is 3.65. The Morgan fingerprint density at radius 1 is 0.577 bits per heavy atom. The SMILES string of the molecule is CCCCC/C=C/C/C=C/C/C=C/CCCCCCC(=O)OC[C@H](COP(=O)(O)OCCN)OC(=O)CCCCCCC/C=C/CCCCCCC. The largest absolute Gasteiger partial charge is 0.472 e. The van der Waals surface area contributed by atoms with Gasteiger partial charge in [0.1, 0.15) is 6.61 Å². The fraction of sp³-hybridized carbons (Fsp3) is 0.762. The Labute approximate surface area is 317 Å². The number of carbonyl (C=O) groups is 2. The van der Waals surface area contributed by atoms with Crippen molar-refractivity contribution in [2.24, 2.45) is 5.73 Å². The molecule has 52 heavy (non-hydrogen) atoms. The molecule has 2 atom stereocenters. The van der Waals surface area contributed by atoms with Gasteiger partial charge in [-0.1, -0.05) is 133 Å². The summed E-state index contributed by atoms with van der Waals surface area (Å²) >= 11 is 0. The van der Waals surface area contributed by atoms with Gasteiger partial charge < -0.3 is 20.1 Å². The van der Waals surface area contributed by atoms with Crippen molar-refractivity contribution in [3.05, 3.63) is 48.6 Å². The number of phosphoric ester groups is 1. The van der Waals surface area contributed by atoms with Crippen molar-refractivity contribution in [1.82, 2.24) is 0 Å². The molecular weight excluding hydrogens is 677 g/mol. The fourth-order valence-electron chi connectivity index (χ4n) is 5.34. The van der Waals surface area contributed by atoms with Gasteiger partial charge in [0.2, 0.25) is 0 Å². The van der Waals surface area contributed by atoms with Crippen LogP contribution in [0.5, 0.6) is 0 Å². The first-order valence-corrected chi connectivity index (χ1v) is 22.1. The van der Waals surface area contributed by atoms with Gasteiger partial charge in [-0.3, -0.25) is 18.6 Å². The van der Waals surface area contributed by atoms with Crippen molar-refractivity contribution in [1.29, 1.82) is 0 Å². The molecule has 0 heterocycles. The predicted octanol–water partition coefficient (Wildman–Crippen LogP) is 11.6. The Kier molecular flexibility index (Phi) is 37.2. The first-order valence-electron chi connectivity index (χ1n) is 20.6. The van der Waals surface area contributed by atoms with E-state index in [0.29, 0.717) is 12.8 Å². The van der Waals surface area contributed by atoms with E-state index in [0.717, 1.165) is 70.6 Å². The minimum Gasteiger partial charge on any atom is -0.462 e. The van der Waals surface area contributed by atoms with Crippen LogP contribution >= 0.6 is 7.82 Å². The molecule has 0 aromatic heterocycles. The van der Waals surface area contributed by atoms with Gasteiger partial charge in [-0.15, -0.1) is 0 Å². The van der Waals surface area contributed by atoms with Crippen LogP contribution in [0.1, 0.15) is 174 Å². The predicted molar refractivity (Wildman–Crippen MR) is 215 cm³/mol. The molecule has 0 saturated carbocycles. The monoisotopic (exact) mass is 754 g/mol. The molecule has 0 rings (SSSR count). The Morgan fingerprint density at radius 2 is 1.00 bits per heavy atom. The van der Waals surface area contributed by atoms with E-state index in [2.05, 4.69) is 62.5 Å². The lowest BCUT2D eigenvalue weighted by Gasteiger charge is -2.19. The van der Waals surface area contributed by atoms with Crippen LogP contribution in [0.2, 0.25) is 0 Å². The summed E-state index contributed by atoms with van der Waals surface area (Å²) in [5.41, 5.74) is 5.34. The summed E-state index contributed by atoms with van der Waals surface area (Å²) in [6.07, 6.45) is 42.8. The zero-order chi connectivity index (χ0) is 38.2. The number of hydrogen-bond acceptors (Lipinski definition) is 8. The molecule has 0 fully saturated rings. The number of rotatable bonds is 38. The van der Waals surface area contributed by atoms with E-state index in [1.807, 2.05) is 0 Å². The molecule has 0 aliphatic rings. The molecule has 0 radical (unpaired) electrons. The van der Waals surface area contributed by atoms with Crippen molar-refractivity contribution in [2.75, 3.05) is 26.4 Å². The number of allylic oxidation sites excluding steroid dienone is 8. The average molecular weight is 754 g/mol. The van der Waals surface area contributed by atoms with E-state index in [9.17, 15) is 19.0 Å². The highest BCUT2D eigenvalue weighted by molar-refractivity contribution is 7.47. The third kappa shape index (κ3) is 37.7. The van der Waals surface area contributed by atoms with Crippen LogP contribution in [0.15, 0.2) is 48.6 Å². The Bertz CT molecular complexity index is 996. The second kappa shape index (κ2) is 38.7. The summed E-state index contributed by atoms with van der Waals surface area (Å²) in [4.78, 5) is 34.8. The number of hydrogen-bond donors (Lipinski definition) is 2. The summed E-state index contributed by atoms with van der Waals surface area (Å²) in [7, 11) is -4.38. The third-order valence-corrected chi connectivity index (χ3v) is 9.42. The summed E-state index contributed by atoms with van der Waals surface area (Å²) in [5.74, 6) is -0.866. The van der Waals surface area contributed by atoms with Crippen molar-refractivity contribution in [3.8, 4) is 0 Å². The highest BCUT2D eigenvalue weighted by atomic mass is 31.2. The van der Waals surface area contributed by atoms with Crippen molar-refractivity contribution < 1.29 is 37.6 Å². The standard InChI is InChI=1S/C42H76NO8P/c1-3-5-7-9-11-13-15-17-19-20-21-23-24-26-28-30-32-34-41(44)48-38-40(39-50-52(46,47)49-37-36-43)51-42(45)35-33-31-29-27-25-22-18-16-14-12-10-8-6-4-2/h11,13,16-19,21,23,40H,3-10,12,14-15,20,22,24-39,43H2,1-2H3,(H,46,47)/b13-11+,18-16+,19-17+,23-21+/t40-/m1/s1. The highest BCUT2D eigenvalue weighted by Crippen LogP contribution is 2.43. The maximum atomic E-state index is 12.5. The second-order valence-electron chi connectivity index (χ2n) is 13.5. The summed E-state index contributed by atoms with van der Waals surface area (Å²) < 4.78 is 32.7. The maximum Gasteiger partial charge on any atom is 0.472 e. The van der Waals surface area contributed by atoms with Gasteiger partial charge in [-0.25, -0.2) is 4.57 Å². The molecular formula is C42H76NO8P. The van der Waals surface area contributed by atoms with Crippen LogP contribution in [0.4, 0.5) is 0 Å². The lowest BCUT2D eigenvalue weighted by molar-refractivity contribution is -0.161. The maximum absolute atomic E-state index is 12.5. The Balaban J connectivity index is 4.24. The molecule has 1 unspecified atom stereocenters. The first-order chi connectivity index (χ1) is 25.3. The summed E-state index contributed by atoms with van der Waals surface area (Å²) in [6, 6.07) is 0. The number of carbonyl (C=O) groups excluding carboxylic acids is 2. The molecule has 0 spiro atoms. The first kappa shape index (κ1) is 50.0. The second-order valence-corrected chi connectivity index (χ2v) is 14.9. The molecule has 10 heteroatoms. The quantitative estimate of drug-likeness (QED) is 0.0273. The van der Waals surface area contributed by atoms with Crippen LogP contribution in [-0.4, -0.2) is 49.3 Å². The van der Waals surface area contributed by atoms with E-state index in [4.69, 9.17) is 24.3 Å². The number of unbranched alkanes of at least 4 members (excludes halogenated alkanes) is 17. The van der Waals surface area contributed by atoms with Crippen molar-refractivity contribution in [3.63, 3.8) is 0 Å².